The molecule has 0 unspecified atom stereocenters. The van der Waals surface area contributed by atoms with Gasteiger partial charge in [0.25, 0.3) is 0 Å². The number of hydrogen-bond acceptors (Lipinski definition) is 5. The summed E-state index contributed by atoms with van der Waals surface area (Å²) in [6.45, 7) is -2.29. The minimum absolute atomic E-state index is 0.00245. The summed E-state index contributed by atoms with van der Waals surface area (Å²) in [6.07, 6.45) is 2.91. The van der Waals surface area contributed by atoms with Crippen molar-refractivity contribution < 1.29 is 26.8 Å². The molecule has 0 radical (unpaired) electrons. The predicted octanol–water partition coefficient (Wildman–Crippen LogP) is 5.00. The van der Waals surface area contributed by atoms with E-state index in [0.717, 1.165) is 12.8 Å². The molecule has 2 aliphatic rings. The zero-order chi connectivity index (χ0) is 26.0. The molecule has 0 atom stereocenters. The van der Waals surface area contributed by atoms with E-state index in [4.69, 9.17) is 28.2 Å². The molecule has 30 heavy (non-hydrogen) atoms. The summed E-state index contributed by atoms with van der Waals surface area (Å²) < 4.78 is 80.5. The molecule has 2 aromatic carbocycles. The Morgan fingerprint density at radius 2 is 2.10 bits per heavy atom. The summed E-state index contributed by atoms with van der Waals surface area (Å²) in [5.41, 5.74) is 5.64. The van der Waals surface area contributed by atoms with Crippen molar-refractivity contribution in [3.63, 3.8) is 0 Å². The number of aromatic nitrogens is 1. The molecule has 0 bridgehead atoms. The van der Waals surface area contributed by atoms with E-state index in [9.17, 15) is 0 Å². The Labute approximate surface area is 182 Å². The molecule has 1 aromatic heterocycles. The van der Waals surface area contributed by atoms with Crippen molar-refractivity contribution in [1.29, 1.82) is 0 Å². The largest absolute Gasteiger partial charge is 0.493 e. The van der Waals surface area contributed by atoms with Crippen molar-refractivity contribution in [3.05, 3.63) is 59.0 Å². The molecule has 5 nitrogen and oxygen atoms in total. The normalized spacial score (nSPS) is 19.8. The van der Waals surface area contributed by atoms with E-state index in [-0.39, 0.29) is 40.5 Å². The molecule has 1 heterocycles. The Morgan fingerprint density at radius 1 is 1.23 bits per heavy atom. The van der Waals surface area contributed by atoms with Crippen LogP contribution in [0.25, 0.3) is 17.0 Å². The Bertz CT molecular complexity index is 1440. The lowest BCUT2D eigenvalue weighted by Gasteiger charge is -2.16. The molecule has 1 saturated carbocycles. The minimum atomic E-state index is -2.61. The number of ether oxygens (including phenoxy) is 3. The molecule has 2 aliphatic carbocycles. The van der Waals surface area contributed by atoms with Crippen LogP contribution >= 0.6 is 0 Å². The molecule has 154 valence electrons. The molecular weight excluding hydrogens is 383 g/mol. The van der Waals surface area contributed by atoms with Crippen LogP contribution in [-0.2, 0) is 6.42 Å². The quantitative estimate of drug-likeness (QED) is 0.617. The maximum Gasteiger partial charge on any atom is 0.173 e. The number of benzene rings is 2. The lowest BCUT2D eigenvalue weighted by atomic mass is 10.1. The number of rotatable bonds is 6. The number of halogens is 1. The molecule has 5 rings (SSSR count). The fraction of sp³-hybridized carbons (Fsp3) is 0.292. The van der Waals surface area contributed by atoms with Crippen LogP contribution in [0.4, 0.5) is 4.39 Å². The van der Waals surface area contributed by atoms with Crippen LogP contribution in [0, 0.1) is 5.82 Å². The Hall–Kier alpha value is -3.12. The van der Waals surface area contributed by atoms with E-state index in [1.54, 1.807) is 12.1 Å². The maximum atomic E-state index is 15.6. The average molecular weight is 412 g/mol. The molecule has 0 spiro atoms. The van der Waals surface area contributed by atoms with Crippen LogP contribution in [0.1, 0.15) is 39.0 Å². The maximum absolute atomic E-state index is 15.6. The van der Waals surface area contributed by atoms with Gasteiger partial charge in [0, 0.05) is 27.3 Å². The van der Waals surface area contributed by atoms with Gasteiger partial charge in [-0.2, -0.15) is 0 Å². The van der Waals surface area contributed by atoms with E-state index >= 15 is 4.39 Å². The van der Waals surface area contributed by atoms with Gasteiger partial charge in [-0.1, -0.05) is 17.7 Å². The van der Waals surface area contributed by atoms with Crippen LogP contribution in [0.15, 0.2) is 42.1 Å². The summed E-state index contributed by atoms with van der Waals surface area (Å²) in [4.78, 5) is 4.32. The summed E-state index contributed by atoms with van der Waals surface area (Å²) in [7, 11) is 1.47. The number of methoxy groups -OCH3 is 1. The van der Waals surface area contributed by atoms with Gasteiger partial charge in [-0.25, -0.2) is 4.39 Å². The third-order valence-corrected chi connectivity index (χ3v) is 5.28. The van der Waals surface area contributed by atoms with Crippen molar-refractivity contribution in [2.24, 2.45) is 5.73 Å². The molecule has 0 amide bonds. The second-order valence-corrected chi connectivity index (χ2v) is 7.61. The Balaban J connectivity index is 1.57. The van der Waals surface area contributed by atoms with Gasteiger partial charge >= 0.3 is 0 Å². The highest BCUT2D eigenvalue weighted by Crippen LogP contribution is 2.40. The summed E-state index contributed by atoms with van der Waals surface area (Å²) in [6, 6.07) is 3.31. The minimum Gasteiger partial charge on any atom is -0.493 e. The SMILES string of the molecule is [2H]C1=C(C([2H])([2H])[2H])Cc2c([2H])c([2H])c(Oc3ccnc4cc(OCC5(N)CC5)c(OC)cc34)c(F)c21. The lowest BCUT2D eigenvalue weighted by molar-refractivity contribution is 0.264. The summed E-state index contributed by atoms with van der Waals surface area (Å²) in [5, 5.41) is 0.436. The third kappa shape index (κ3) is 3.37. The number of pyridine rings is 1. The van der Waals surface area contributed by atoms with Gasteiger partial charge < -0.3 is 19.9 Å². The van der Waals surface area contributed by atoms with E-state index in [2.05, 4.69) is 4.98 Å². The first-order chi connectivity index (χ1) is 16.9. The van der Waals surface area contributed by atoms with Gasteiger partial charge in [0.2, 0.25) is 0 Å². The van der Waals surface area contributed by atoms with Crippen molar-refractivity contribution in [1.82, 2.24) is 4.98 Å². The third-order valence-electron chi connectivity index (χ3n) is 5.28. The standard InChI is InChI=1S/C24H23FN2O3/c1-14-9-15-3-4-20(23(25)16(15)10-14)30-19-5-8-27-18-12-22(21(28-2)11-17(18)19)29-13-24(26)6-7-24/h3-5,8,10-12H,6-7,9,13,26H2,1-2H3/i1D3,3D,4D,10D. The first kappa shape index (κ1) is 13.2. The molecular formula is C24H23FN2O3. The topological polar surface area (TPSA) is 66.6 Å². The Morgan fingerprint density at radius 3 is 2.87 bits per heavy atom. The molecule has 0 saturated heterocycles. The van der Waals surface area contributed by atoms with Crippen molar-refractivity contribution in [2.75, 3.05) is 13.7 Å². The predicted molar refractivity (Wildman–Crippen MR) is 114 cm³/mol. The smallest absolute Gasteiger partial charge is 0.173 e. The summed E-state index contributed by atoms with van der Waals surface area (Å²) >= 11 is 0. The number of nitrogens with zero attached hydrogens (tertiary/aromatic N) is 1. The number of allylic oxidation sites excluding steroid dienone is 1. The van der Waals surface area contributed by atoms with Crippen LogP contribution in [-0.4, -0.2) is 24.2 Å². The van der Waals surface area contributed by atoms with Gasteiger partial charge in [0.1, 0.15) is 12.4 Å². The summed E-state index contributed by atoms with van der Waals surface area (Å²) in [5.74, 6) is -0.666. The average Bonchev–Trinajstić information content (AvgIpc) is 3.46. The molecule has 1 fully saturated rings. The van der Waals surface area contributed by atoms with Crippen LogP contribution in [0.2, 0.25) is 0 Å². The van der Waals surface area contributed by atoms with Crippen LogP contribution in [0.5, 0.6) is 23.0 Å². The zero-order valence-electron chi connectivity index (χ0n) is 22.3. The second kappa shape index (κ2) is 6.99. The van der Waals surface area contributed by atoms with Gasteiger partial charge in [-0.3, -0.25) is 4.98 Å². The van der Waals surface area contributed by atoms with E-state index in [0.29, 0.717) is 29.0 Å². The van der Waals surface area contributed by atoms with Crippen molar-refractivity contribution in [3.8, 4) is 23.0 Å². The first-order valence-electron chi connectivity index (χ1n) is 12.5. The van der Waals surface area contributed by atoms with Gasteiger partial charge in [0.05, 0.1) is 22.3 Å². The van der Waals surface area contributed by atoms with Gasteiger partial charge in [0.15, 0.2) is 23.1 Å². The van der Waals surface area contributed by atoms with Crippen LogP contribution in [0.3, 0.4) is 0 Å². The number of fused-ring (bicyclic) bond motifs is 2. The fourth-order valence-electron chi connectivity index (χ4n) is 3.33. The van der Waals surface area contributed by atoms with Gasteiger partial charge in [-0.15, -0.1) is 0 Å². The van der Waals surface area contributed by atoms with Crippen molar-refractivity contribution >= 4 is 17.0 Å². The monoisotopic (exact) mass is 412 g/mol. The van der Waals surface area contributed by atoms with E-state index < -0.39 is 30.5 Å². The highest BCUT2D eigenvalue weighted by atomic mass is 19.1. The number of hydrogen-bond donors (Lipinski definition) is 1. The molecule has 6 heteroatoms. The fourth-order valence-corrected chi connectivity index (χ4v) is 3.33. The molecule has 0 aliphatic heterocycles. The molecule has 2 N–H and O–H groups in total. The van der Waals surface area contributed by atoms with Crippen LogP contribution < -0.4 is 19.9 Å². The first-order valence-corrected chi connectivity index (χ1v) is 9.52. The van der Waals surface area contributed by atoms with Crippen molar-refractivity contribution in [2.45, 2.75) is 31.7 Å². The number of nitrogens with two attached hydrogens (primary N) is 1. The highest BCUT2D eigenvalue weighted by Gasteiger charge is 2.39. The van der Waals surface area contributed by atoms with Gasteiger partial charge in [-0.05, 0) is 49.9 Å². The van der Waals surface area contributed by atoms with E-state index in [1.807, 2.05) is 0 Å². The highest BCUT2D eigenvalue weighted by molar-refractivity contribution is 5.88. The lowest BCUT2D eigenvalue weighted by Crippen LogP contribution is -2.29. The molecule has 3 aromatic rings. The second-order valence-electron chi connectivity index (χ2n) is 7.61. The Kier molecular flexibility index (Phi) is 3.08. The zero-order valence-corrected chi connectivity index (χ0v) is 16.3. The van der Waals surface area contributed by atoms with E-state index in [1.165, 1.54) is 19.4 Å².